The zero-order valence-electron chi connectivity index (χ0n) is 12.1. The fourth-order valence-corrected chi connectivity index (χ4v) is 2.47. The van der Waals surface area contributed by atoms with E-state index in [1.54, 1.807) is 0 Å². The lowest BCUT2D eigenvalue weighted by molar-refractivity contribution is -0.120. The van der Waals surface area contributed by atoms with Crippen molar-refractivity contribution in [3.8, 4) is 0 Å². The molecule has 0 aromatic heterocycles. The molecule has 0 radical (unpaired) electrons. The van der Waals surface area contributed by atoms with Gasteiger partial charge in [-0.25, -0.2) is 5.43 Å². The molecule has 4 heteroatoms. The lowest BCUT2D eigenvalue weighted by atomic mass is 9.95. The van der Waals surface area contributed by atoms with Gasteiger partial charge in [0.1, 0.15) is 0 Å². The van der Waals surface area contributed by atoms with Gasteiger partial charge in [-0.3, -0.25) is 4.79 Å². The summed E-state index contributed by atoms with van der Waals surface area (Å²) < 4.78 is 0. The lowest BCUT2D eigenvalue weighted by Gasteiger charge is -2.22. The summed E-state index contributed by atoms with van der Waals surface area (Å²) in [6.45, 7) is 2.24. The Hall–Kier alpha value is -1.68. The average molecular weight is 273 g/mol. The summed E-state index contributed by atoms with van der Waals surface area (Å²) in [4.78, 5) is 11.7. The van der Waals surface area contributed by atoms with E-state index in [-0.39, 0.29) is 5.91 Å². The predicted octanol–water partition coefficient (Wildman–Crippen LogP) is 2.45. The molecule has 4 nitrogen and oxygen atoms in total. The second kappa shape index (κ2) is 7.80. The monoisotopic (exact) mass is 273 g/mol. The molecule has 1 aromatic carbocycles. The lowest BCUT2D eigenvalue weighted by Crippen LogP contribution is -2.38. The van der Waals surface area contributed by atoms with Gasteiger partial charge in [-0.05, 0) is 25.3 Å². The van der Waals surface area contributed by atoms with Crippen LogP contribution in [0.3, 0.4) is 0 Å². The standard InChI is InChI=1S/C16H23N3O/c1-13(14-8-4-2-5-9-14)18-19-16(20)12-17-15-10-6-3-7-11-15/h2,4-5,8-9,15,17H,3,6-7,10-12H2,1H3,(H,19,20)/b18-13-. The van der Waals surface area contributed by atoms with E-state index in [1.165, 1.54) is 32.1 Å². The van der Waals surface area contributed by atoms with Crippen molar-refractivity contribution in [3.05, 3.63) is 35.9 Å². The molecule has 2 N–H and O–H groups in total. The maximum absolute atomic E-state index is 11.7. The molecule has 0 saturated heterocycles. The van der Waals surface area contributed by atoms with Crippen LogP contribution < -0.4 is 10.7 Å². The van der Waals surface area contributed by atoms with Crippen LogP contribution in [0.15, 0.2) is 35.4 Å². The number of nitrogens with one attached hydrogen (secondary N) is 2. The minimum Gasteiger partial charge on any atom is -0.306 e. The second-order valence-electron chi connectivity index (χ2n) is 5.31. The Bertz CT molecular complexity index is 450. The van der Waals surface area contributed by atoms with Gasteiger partial charge in [0.15, 0.2) is 0 Å². The van der Waals surface area contributed by atoms with E-state index in [1.807, 2.05) is 37.3 Å². The summed E-state index contributed by atoms with van der Waals surface area (Å²) in [5.74, 6) is -0.0779. The van der Waals surface area contributed by atoms with Crippen LogP contribution in [0.5, 0.6) is 0 Å². The van der Waals surface area contributed by atoms with Crippen molar-refractivity contribution in [2.24, 2.45) is 5.10 Å². The molecule has 0 bridgehead atoms. The van der Waals surface area contributed by atoms with Crippen molar-refractivity contribution in [1.82, 2.24) is 10.7 Å². The molecule has 1 saturated carbocycles. The average Bonchev–Trinajstić information content (AvgIpc) is 2.52. The molecule has 1 aliphatic rings. The van der Waals surface area contributed by atoms with Crippen LogP contribution in [0.25, 0.3) is 0 Å². The summed E-state index contributed by atoms with van der Waals surface area (Å²) >= 11 is 0. The van der Waals surface area contributed by atoms with E-state index in [4.69, 9.17) is 0 Å². The van der Waals surface area contributed by atoms with Gasteiger partial charge >= 0.3 is 0 Å². The van der Waals surface area contributed by atoms with E-state index in [0.717, 1.165) is 11.3 Å². The molecule has 0 atom stereocenters. The molecule has 1 fully saturated rings. The van der Waals surface area contributed by atoms with Crippen LogP contribution in [0, 0.1) is 0 Å². The van der Waals surface area contributed by atoms with Gasteiger partial charge in [-0.15, -0.1) is 0 Å². The normalized spacial score (nSPS) is 16.9. The Morgan fingerprint density at radius 3 is 2.60 bits per heavy atom. The molecule has 1 amide bonds. The summed E-state index contributed by atoms with van der Waals surface area (Å²) in [6.07, 6.45) is 6.22. The molecule has 1 aliphatic carbocycles. The first kappa shape index (κ1) is 14.7. The van der Waals surface area contributed by atoms with Gasteiger partial charge in [-0.2, -0.15) is 5.10 Å². The first-order valence-corrected chi connectivity index (χ1v) is 7.37. The molecule has 0 unspecified atom stereocenters. The quantitative estimate of drug-likeness (QED) is 0.639. The third-order valence-corrected chi connectivity index (χ3v) is 3.70. The molecular weight excluding hydrogens is 250 g/mol. The van der Waals surface area contributed by atoms with E-state index in [2.05, 4.69) is 15.8 Å². The fraction of sp³-hybridized carbons (Fsp3) is 0.500. The van der Waals surface area contributed by atoms with Crippen LogP contribution >= 0.6 is 0 Å². The van der Waals surface area contributed by atoms with E-state index >= 15 is 0 Å². The molecule has 0 spiro atoms. The molecular formula is C16H23N3O. The van der Waals surface area contributed by atoms with E-state index < -0.39 is 0 Å². The van der Waals surface area contributed by atoms with Crippen LogP contribution in [0.4, 0.5) is 0 Å². The maximum Gasteiger partial charge on any atom is 0.254 e. The van der Waals surface area contributed by atoms with Gasteiger partial charge in [0.05, 0.1) is 12.3 Å². The number of carbonyl (C=O) groups is 1. The fourth-order valence-electron chi connectivity index (χ4n) is 2.47. The van der Waals surface area contributed by atoms with E-state index in [0.29, 0.717) is 12.6 Å². The topological polar surface area (TPSA) is 53.5 Å². The summed E-state index contributed by atoms with van der Waals surface area (Å²) in [7, 11) is 0. The Kier molecular flexibility index (Phi) is 5.74. The zero-order valence-corrected chi connectivity index (χ0v) is 12.1. The van der Waals surface area contributed by atoms with Crippen molar-refractivity contribution in [1.29, 1.82) is 0 Å². The van der Waals surface area contributed by atoms with Crippen LogP contribution in [0.1, 0.15) is 44.6 Å². The SMILES string of the molecule is C/C(=N/NC(=O)CNC1CCCCC1)c1ccccc1. The van der Waals surface area contributed by atoms with Crippen molar-refractivity contribution in [3.63, 3.8) is 0 Å². The number of rotatable bonds is 5. The van der Waals surface area contributed by atoms with E-state index in [9.17, 15) is 4.79 Å². The van der Waals surface area contributed by atoms with Crippen molar-refractivity contribution >= 4 is 11.6 Å². The molecule has 20 heavy (non-hydrogen) atoms. The third-order valence-electron chi connectivity index (χ3n) is 3.70. The van der Waals surface area contributed by atoms with Crippen LogP contribution in [-0.2, 0) is 4.79 Å². The number of benzene rings is 1. The highest BCUT2D eigenvalue weighted by Crippen LogP contribution is 2.16. The molecule has 108 valence electrons. The number of hydrazone groups is 1. The predicted molar refractivity (Wildman–Crippen MR) is 81.7 cm³/mol. The Morgan fingerprint density at radius 1 is 1.20 bits per heavy atom. The van der Waals surface area contributed by atoms with Gasteiger partial charge in [-0.1, -0.05) is 49.6 Å². The smallest absolute Gasteiger partial charge is 0.254 e. The van der Waals surface area contributed by atoms with Gasteiger partial charge in [0.25, 0.3) is 5.91 Å². The molecule has 0 aliphatic heterocycles. The Balaban J connectivity index is 1.74. The Labute approximate surface area is 120 Å². The summed E-state index contributed by atoms with van der Waals surface area (Å²) in [5, 5.41) is 7.44. The minimum absolute atomic E-state index is 0.0779. The summed E-state index contributed by atoms with van der Waals surface area (Å²) in [5.41, 5.74) is 4.44. The van der Waals surface area contributed by atoms with Gasteiger partial charge in [0, 0.05) is 6.04 Å². The first-order valence-electron chi connectivity index (χ1n) is 7.37. The number of nitrogens with zero attached hydrogens (tertiary/aromatic N) is 1. The summed E-state index contributed by atoms with van der Waals surface area (Å²) in [6, 6.07) is 10.3. The van der Waals surface area contributed by atoms with Crippen LogP contribution in [0.2, 0.25) is 0 Å². The second-order valence-corrected chi connectivity index (χ2v) is 5.31. The molecule has 0 heterocycles. The van der Waals surface area contributed by atoms with Gasteiger partial charge < -0.3 is 5.32 Å². The molecule has 2 rings (SSSR count). The Morgan fingerprint density at radius 2 is 1.90 bits per heavy atom. The highest BCUT2D eigenvalue weighted by Gasteiger charge is 2.13. The first-order chi connectivity index (χ1) is 9.75. The molecule has 1 aromatic rings. The van der Waals surface area contributed by atoms with Crippen molar-refractivity contribution < 1.29 is 4.79 Å². The van der Waals surface area contributed by atoms with Crippen LogP contribution in [-0.4, -0.2) is 24.2 Å². The zero-order chi connectivity index (χ0) is 14.2. The van der Waals surface area contributed by atoms with Gasteiger partial charge in [0.2, 0.25) is 0 Å². The number of hydrogen-bond acceptors (Lipinski definition) is 3. The maximum atomic E-state index is 11.7. The number of hydrogen-bond donors (Lipinski definition) is 2. The highest BCUT2D eigenvalue weighted by molar-refractivity contribution is 5.99. The minimum atomic E-state index is -0.0779. The number of carbonyl (C=O) groups excluding carboxylic acids is 1. The third kappa shape index (κ3) is 4.78. The number of amides is 1. The highest BCUT2D eigenvalue weighted by atomic mass is 16.2. The largest absolute Gasteiger partial charge is 0.306 e. The van der Waals surface area contributed by atoms with Crippen molar-refractivity contribution in [2.45, 2.75) is 45.1 Å². The van der Waals surface area contributed by atoms with Crippen molar-refractivity contribution in [2.75, 3.05) is 6.54 Å².